The second-order valence-corrected chi connectivity index (χ2v) is 10.0. The van der Waals surface area contributed by atoms with Gasteiger partial charge < -0.3 is 10.1 Å². The van der Waals surface area contributed by atoms with Crippen LogP contribution in [0.25, 0.3) is 16.5 Å². The van der Waals surface area contributed by atoms with Crippen molar-refractivity contribution in [1.82, 2.24) is 9.78 Å². The number of aromatic nitrogens is 2. The second-order valence-electron chi connectivity index (χ2n) is 9.12. The molecule has 1 saturated carbocycles. The Hall–Kier alpha value is -3.00. The molecule has 4 rings (SSSR count). The number of nitrogens with one attached hydrogen (secondary N) is 1. The number of fused-ring (bicyclic) bond motifs is 1. The molecule has 1 N–H and O–H groups in total. The minimum Gasteiger partial charge on any atom is -0.461 e. The Kier molecular flexibility index (Phi) is 7.46. The Morgan fingerprint density at radius 2 is 1.91 bits per heavy atom. The van der Waals surface area contributed by atoms with Crippen molar-refractivity contribution in [1.29, 1.82) is 0 Å². The van der Waals surface area contributed by atoms with Crippen LogP contribution in [-0.4, -0.2) is 28.3 Å². The van der Waals surface area contributed by atoms with Crippen LogP contribution in [0.4, 0.5) is 5.00 Å². The number of hydrogen-bond acceptors (Lipinski definition) is 6. The van der Waals surface area contributed by atoms with Crippen molar-refractivity contribution >= 4 is 39.0 Å². The van der Waals surface area contributed by atoms with Crippen molar-refractivity contribution in [3.05, 3.63) is 51.3 Å². The van der Waals surface area contributed by atoms with Gasteiger partial charge in [-0.2, -0.15) is 9.78 Å². The number of benzene rings is 1. The predicted molar refractivity (Wildman–Crippen MR) is 135 cm³/mol. The summed E-state index contributed by atoms with van der Waals surface area (Å²) in [6.45, 7) is 6.10. The molecule has 7 nitrogen and oxygen atoms in total. The molecule has 0 bridgehead atoms. The molecule has 0 spiro atoms. The van der Waals surface area contributed by atoms with Crippen LogP contribution in [0.3, 0.4) is 0 Å². The van der Waals surface area contributed by atoms with Crippen molar-refractivity contribution in [3.63, 3.8) is 0 Å². The SMILES string of the molecule is CCOC(=O)c1nn(-c2ccc(C(C)C)cc2)c(=O)c2c(NC(=O)CCC3CCCC3)scc12. The van der Waals surface area contributed by atoms with Gasteiger partial charge in [-0.3, -0.25) is 9.59 Å². The molecule has 1 fully saturated rings. The summed E-state index contributed by atoms with van der Waals surface area (Å²) in [7, 11) is 0. The molecule has 0 unspecified atom stereocenters. The van der Waals surface area contributed by atoms with E-state index < -0.39 is 5.97 Å². The fraction of sp³-hybridized carbons (Fsp3) is 0.462. The number of esters is 1. The maximum Gasteiger partial charge on any atom is 0.359 e. The van der Waals surface area contributed by atoms with Gasteiger partial charge >= 0.3 is 5.97 Å². The van der Waals surface area contributed by atoms with Gasteiger partial charge in [-0.15, -0.1) is 11.3 Å². The summed E-state index contributed by atoms with van der Waals surface area (Å²) in [6.07, 6.45) is 6.13. The number of hydrogen-bond donors (Lipinski definition) is 1. The van der Waals surface area contributed by atoms with Gasteiger partial charge in [0.1, 0.15) is 5.00 Å². The largest absolute Gasteiger partial charge is 0.461 e. The van der Waals surface area contributed by atoms with Gasteiger partial charge in [-0.25, -0.2) is 4.79 Å². The summed E-state index contributed by atoms with van der Waals surface area (Å²) in [5, 5.41) is 10.1. The minimum atomic E-state index is -0.600. The third-order valence-corrected chi connectivity index (χ3v) is 7.33. The molecular formula is C26H31N3O4S. The number of anilines is 1. The molecule has 1 aromatic carbocycles. The van der Waals surface area contributed by atoms with E-state index in [1.807, 2.05) is 24.3 Å². The zero-order valence-corrected chi connectivity index (χ0v) is 20.7. The van der Waals surface area contributed by atoms with Crippen molar-refractivity contribution in [2.24, 2.45) is 5.92 Å². The number of carbonyl (C=O) groups is 2. The maximum absolute atomic E-state index is 13.5. The van der Waals surface area contributed by atoms with E-state index in [1.54, 1.807) is 12.3 Å². The molecule has 1 amide bonds. The minimum absolute atomic E-state index is 0.0621. The Morgan fingerprint density at radius 3 is 2.56 bits per heavy atom. The van der Waals surface area contributed by atoms with Crippen molar-refractivity contribution in [2.45, 2.75) is 65.2 Å². The highest BCUT2D eigenvalue weighted by Crippen LogP contribution is 2.32. The Labute approximate surface area is 203 Å². The molecule has 8 heteroatoms. The first-order valence-electron chi connectivity index (χ1n) is 12.0. The number of thiophene rings is 1. The van der Waals surface area contributed by atoms with Gasteiger partial charge in [0, 0.05) is 17.2 Å². The Balaban J connectivity index is 1.72. The summed E-state index contributed by atoms with van der Waals surface area (Å²) >= 11 is 1.23. The number of amides is 1. The summed E-state index contributed by atoms with van der Waals surface area (Å²) in [4.78, 5) is 38.9. The summed E-state index contributed by atoms with van der Waals surface area (Å²) in [5.74, 6) is 0.241. The lowest BCUT2D eigenvalue weighted by Crippen LogP contribution is -2.25. The second kappa shape index (κ2) is 10.5. The lowest BCUT2D eigenvalue weighted by molar-refractivity contribution is -0.116. The van der Waals surface area contributed by atoms with Gasteiger partial charge in [0.2, 0.25) is 5.91 Å². The fourth-order valence-electron chi connectivity index (χ4n) is 4.49. The molecule has 0 aliphatic heterocycles. The summed E-state index contributed by atoms with van der Waals surface area (Å²) in [6, 6.07) is 7.52. The molecule has 0 radical (unpaired) electrons. The van der Waals surface area contributed by atoms with Gasteiger partial charge in [-0.05, 0) is 42.9 Å². The zero-order valence-electron chi connectivity index (χ0n) is 19.9. The summed E-state index contributed by atoms with van der Waals surface area (Å²) < 4.78 is 6.43. The Morgan fingerprint density at radius 1 is 1.21 bits per heavy atom. The fourth-order valence-corrected chi connectivity index (χ4v) is 5.44. The van der Waals surface area contributed by atoms with Crippen molar-refractivity contribution < 1.29 is 14.3 Å². The van der Waals surface area contributed by atoms with E-state index in [4.69, 9.17) is 4.74 Å². The van der Waals surface area contributed by atoms with Crippen LogP contribution in [0.5, 0.6) is 0 Å². The zero-order chi connectivity index (χ0) is 24.2. The third-order valence-electron chi connectivity index (χ3n) is 6.43. The Bertz CT molecular complexity index is 1240. The predicted octanol–water partition coefficient (Wildman–Crippen LogP) is 5.66. The average Bonchev–Trinajstić information content (AvgIpc) is 3.49. The normalized spacial score (nSPS) is 14.1. The molecule has 3 aromatic rings. The van der Waals surface area contributed by atoms with Gasteiger partial charge in [-0.1, -0.05) is 51.7 Å². The molecule has 2 heterocycles. The van der Waals surface area contributed by atoms with Crippen LogP contribution in [0.15, 0.2) is 34.4 Å². The third kappa shape index (κ3) is 5.06. The average molecular weight is 482 g/mol. The molecule has 1 aliphatic rings. The van der Waals surface area contributed by atoms with E-state index in [9.17, 15) is 14.4 Å². The number of rotatable bonds is 8. The van der Waals surface area contributed by atoms with E-state index >= 15 is 0 Å². The molecule has 180 valence electrons. The standard InChI is InChI=1S/C26H31N3O4S/c1-4-33-26(32)23-20-15-34-24(27-21(30)14-9-17-7-5-6-8-17)22(20)25(31)29(28-23)19-12-10-18(11-13-19)16(2)3/h10-13,15-17H,4-9,14H2,1-3H3,(H,27,30). The van der Waals surface area contributed by atoms with Gasteiger partial charge in [0.05, 0.1) is 17.7 Å². The highest BCUT2D eigenvalue weighted by Gasteiger charge is 2.23. The number of carbonyl (C=O) groups excluding carboxylic acids is 2. The van der Waals surface area contributed by atoms with Crippen LogP contribution < -0.4 is 10.9 Å². The lowest BCUT2D eigenvalue weighted by atomic mass is 10.0. The number of nitrogens with zero attached hydrogens (tertiary/aromatic N) is 2. The van der Waals surface area contributed by atoms with E-state index in [1.165, 1.54) is 41.7 Å². The van der Waals surface area contributed by atoms with Gasteiger partial charge in [0.15, 0.2) is 5.69 Å². The van der Waals surface area contributed by atoms with E-state index in [2.05, 4.69) is 24.3 Å². The van der Waals surface area contributed by atoms with E-state index in [0.717, 1.165) is 12.0 Å². The molecule has 1 aliphatic carbocycles. The van der Waals surface area contributed by atoms with Crippen molar-refractivity contribution in [2.75, 3.05) is 11.9 Å². The van der Waals surface area contributed by atoms with Crippen molar-refractivity contribution in [3.8, 4) is 5.69 Å². The summed E-state index contributed by atoms with van der Waals surface area (Å²) in [5.41, 5.74) is 1.36. The molecule has 2 aromatic heterocycles. The molecule has 0 atom stereocenters. The smallest absolute Gasteiger partial charge is 0.359 e. The lowest BCUT2D eigenvalue weighted by Gasteiger charge is -2.12. The topological polar surface area (TPSA) is 90.3 Å². The molecular weight excluding hydrogens is 450 g/mol. The monoisotopic (exact) mass is 481 g/mol. The van der Waals surface area contributed by atoms with Crippen LogP contribution in [0.1, 0.15) is 81.3 Å². The van der Waals surface area contributed by atoms with E-state index in [0.29, 0.717) is 34.3 Å². The first-order chi connectivity index (χ1) is 16.4. The van der Waals surface area contributed by atoms with Crippen LogP contribution >= 0.6 is 11.3 Å². The molecule has 34 heavy (non-hydrogen) atoms. The number of ether oxygens (including phenoxy) is 1. The quantitative estimate of drug-likeness (QED) is 0.420. The van der Waals surface area contributed by atoms with Crippen LogP contribution in [0.2, 0.25) is 0 Å². The van der Waals surface area contributed by atoms with Crippen LogP contribution in [0, 0.1) is 5.92 Å². The van der Waals surface area contributed by atoms with Gasteiger partial charge in [0.25, 0.3) is 5.56 Å². The first-order valence-corrected chi connectivity index (χ1v) is 12.9. The highest BCUT2D eigenvalue weighted by atomic mass is 32.1. The highest BCUT2D eigenvalue weighted by molar-refractivity contribution is 7.16. The van der Waals surface area contributed by atoms with E-state index in [-0.39, 0.29) is 29.2 Å². The first kappa shape index (κ1) is 24.1. The maximum atomic E-state index is 13.5. The van der Waals surface area contributed by atoms with Crippen LogP contribution in [-0.2, 0) is 9.53 Å². The molecule has 0 saturated heterocycles.